The number of quaternary nitrogens is 1. The molecule has 0 spiro atoms. The Bertz CT molecular complexity index is 1320. The second kappa shape index (κ2) is 11.5. The van der Waals surface area contributed by atoms with Crippen LogP contribution in [0.2, 0.25) is 0 Å². The lowest BCUT2D eigenvalue weighted by molar-refractivity contribution is -0.870. The molecule has 2 aromatic rings. The van der Waals surface area contributed by atoms with Crippen LogP contribution in [0.3, 0.4) is 0 Å². The van der Waals surface area contributed by atoms with Gasteiger partial charge in [-0.1, -0.05) is 12.1 Å². The molecule has 8 nitrogen and oxygen atoms in total. The zero-order valence-electron chi connectivity index (χ0n) is 22.8. The largest absolute Gasteiger partial charge is 0.466 e. The van der Waals surface area contributed by atoms with Crippen molar-refractivity contribution >= 4 is 17.6 Å². The van der Waals surface area contributed by atoms with Gasteiger partial charge < -0.3 is 19.9 Å². The first-order valence-electron chi connectivity index (χ1n) is 12.4. The Morgan fingerprint density at radius 2 is 1.90 bits per heavy atom. The van der Waals surface area contributed by atoms with Gasteiger partial charge in [0.1, 0.15) is 0 Å². The number of carbonyl (C=O) groups excluding carboxylic acids is 1. The number of nitrogens with two attached hydrogens (primary N) is 1. The number of halogens is 3. The van der Waals surface area contributed by atoms with Crippen molar-refractivity contribution in [2.75, 3.05) is 46.4 Å². The van der Waals surface area contributed by atoms with Crippen molar-refractivity contribution in [2.24, 2.45) is 5.73 Å². The van der Waals surface area contributed by atoms with Gasteiger partial charge in [0.05, 0.1) is 70.3 Å². The molecule has 1 aliphatic rings. The fourth-order valence-electron chi connectivity index (χ4n) is 4.81. The Labute approximate surface area is 226 Å². The van der Waals surface area contributed by atoms with E-state index in [0.717, 1.165) is 35.1 Å². The summed E-state index contributed by atoms with van der Waals surface area (Å²) in [5, 5.41) is 18.5. The summed E-state index contributed by atoms with van der Waals surface area (Å²) in [5.41, 5.74) is 7.65. The molecule has 1 unspecified atom stereocenters. The van der Waals surface area contributed by atoms with Crippen molar-refractivity contribution in [1.82, 2.24) is 4.90 Å². The van der Waals surface area contributed by atoms with Gasteiger partial charge in [0.15, 0.2) is 0 Å². The van der Waals surface area contributed by atoms with Gasteiger partial charge in [-0.25, -0.2) is 4.79 Å². The van der Waals surface area contributed by atoms with Crippen molar-refractivity contribution in [1.29, 1.82) is 10.7 Å². The number of nitriles is 1. The third-order valence-corrected chi connectivity index (χ3v) is 6.67. The monoisotopic (exact) mass is 543 g/mol. The Balaban J connectivity index is 2.23. The third-order valence-electron chi connectivity index (χ3n) is 6.67. The Morgan fingerprint density at radius 3 is 2.46 bits per heavy atom. The maximum atomic E-state index is 13.5. The average molecular weight is 544 g/mol. The first-order valence-corrected chi connectivity index (χ1v) is 12.4. The van der Waals surface area contributed by atoms with Crippen molar-refractivity contribution < 1.29 is 27.2 Å². The molecule has 0 bridgehead atoms. The number of esters is 1. The molecule has 11 heteroatoms. The highest BCUT2D eigenvalue weighted by Gasteiger charge is 2.42. The molecule has 0 saturated carbocycles. The standard InChI is InChI=1S/C28H34F3N6O2/c1-18-24(26(38)39-5)25(23-12-11-19(16-32)14-20(23)8-7-13-37(2,3)4)35(17-33)27(34)36(18)22-10-6-9-21(15-22)28(29,30)31/h6,9-12,14-15,25,34H,7-8,13,17,33H2,1-5H3/q+1. The number of allylic oxidation sites excluding steroid dienone is 1. The molecule has 0 aromatic heterocycles. The van der Waals surface area contributed by atoms with Gasteiger partial charge in [-0.2, -0.15) is 18.4 Å². The van der Waals surface area contributed by atoms with Crippen molar-refractivity contribution in [3.05, 3.63) is 76.0 Å². The summed E-state index contributed by atoms with van der Waals surface area (Å²) in [6.07, 6.45) is -3.19. The van der Waals surface area contributed by atoms with Crippen LogP contribution in [-0.2, 0) is 22.1 Å². The van der Waals surface area contributed by atoms with E-state index in [-0.39, 0.29) is 29.6 Å². The van der Waals surface area contributed by atoms with E-state index in [0.29, 0.717) is 17.5 Å². The molecule has 0 radical (unpaired) electrons. The minimum Gasteiger partial charge on any atom is -0.466 e. The molecular formula is C28H34F3N6O2+. The molecule has 2 aromatic carbocycles. The smallest absolute Gasteiger partial charge is 0.416 e. The summed E-state index contributed by atoms with van der Waals surface area (Å²) >= 11 is 0. The normalized spacial score (nSPS) is 16.4. The SMILES string of the molecule is COC(=O)C1=C(C)N(c2cccc(C(F)(F)F)c2)C(=N)N(CN)C1c1ccc(C#N)cc1CCC[N+](C)(C)C. The molecule has 0 amide bonds. The molecule has 0 saturated heterocycles. The lowest BCUT2D eigenvalue weighted by Crippen LogP contribution is -2.53. The number of carbonyl (C=O) groups is 1. The van der Waals surface area contributed by atoms with Crippen LogP contribution in [0.4, 0.5) is 18.9 Å². The molecule has 1 atom stereocenters. The number of benzene rings is 2. The van der Waals surface area contributed by atoms with Crippen LogP contribution in [0.1, 0.15) is 41.6 Å². The Morgan fingerprint density at radius 1 is 1.21 bits per heavy atom. The summed E-state index contributed by atoms with van der Waals surface area (Å²) in [6.45, 7) is 2.23. The van der Waals surface area contributed by atoms with Crippen molar-refractivity contribution in [3.8, 4) is 6.07 Å². The van der Waals surface area contributed by atoms with E-state index < -0.39 is 23.8 Å². The molecule has 1 heterocycles. The number of anilines is 1. The maximum Gasteiger partial charge on any atom is 0.416 e. The van der Waals surface area contributed by atoms with Gasteiger partial charge in [0.2, 0.25) is 5.96 Å². The number of aryl methyl sites for hydroxylation is 1. The Hall–Kier alpha value is -3.88. The van der Waals surface area contributed by atoms with Gasteiger partial charge in [-0.05, 0) is 54.8 Å². The van der Waals surface area contributed by atoms with Gasteiger partial charge in [0, 0.05) is 17.8 Å². The number of nitrogens with one attached hydrogen (secondary N) is 1. The van der Waals surface area contributed by atoms with E-state index in [4.69, 9.17) is 15.9 Å². The quantitative estimate of drug-likeness (QED) is 0.378. The molecule has 3 N–H and O–H groups in total. The van der Waals surface area contributed by atoms with E-state index in [1.54, 1.807) is 25.1 Å². The van der Waals surface area contributed by atoms with Crippen molar-refractivity contribution in [3.63, 3.8) is 0 Å². The highest BCUT2D eigenvalue weighted by molar-refractivity contribution is 6.04. The van der Waals surface area contributed by atoms with E-state index >= 15 is 0 Å². The predicted molar refractivity (Wildman–Crippen MR) is 142 cm³/mol. The molecule has 39 heavy (non-hydrogen) atoms. The number of hydrogen-bond donors (Lipinski definition) is 2. The minimum absolute atomic E-state index is 0.0635. The van der Waals surface area contributed by atoms with Gasteiger partial charge in [-0.3, -0.25) is 10.3 Å². The summed E-state index contributed by atoms with van der Waals surface area (Å²) in [4.78, 5) is 16.0. The fourth-order valence-corrected chi connectivity index (χ4v) is 4.81. The van der Waals surface area contributed by atoms with Crippen LogP contribution in [0.5, 0.6) is 0 Å². The fraction of sp³-hybridized carbons (Fsp3) is 0.393. The number of alkyl halides is 3. The minimum atomic E-state index is -4.59. The molecular weight excluding hydrogens is 509 g/mol. The lowest BCUT2D eigenvalue weighted by atomic mass is 9.87. The second-order valence-corrected chi connectivity index (χ2v) is 10.4. The zero-order valence-corrected chi connectivity index (χ0v) is 22.8. The first-order chi connectivity index (χ1) is 18.2. The summed E-state index contributed by atoms with van der Waals surface area (Å²) in [6, 6.07) is 11.0. The van der Waals surface area contributed by atoms with E-state index in [9.17, 15) is 23.2 Å². The lowest BCUT2D eigenvalue weighted by Gasteiger charge is -2.44. The number of hydrogen-bond acceptors (Lipinski definition) is 5. The predicted octanol–water partition coefficient (Wildman–Crippen LogP) is 4.38. The van der Waals surface area contributed by atoms with Gasteiger partial charge in [0.25, 0.3) is 0 Å². The van der Waals surface area contributed by atoms with Crippen LogP contribution in [0.25, 0.3) is 0 Å². The highest BCUT2D eigenvalue weighted by Crippen LogP contribution is 2.41. The summed E-state index contributed by atoms with van der Waals surface area (Å²) in [7, 11) is 7.46. The molecule has 3 rings (SSSR count). The number of methoxy groups -OCH3 is 1. The molecule has 1 aliphatic heterocycles. The van der Waals surface area contributed by atoms with Crippen LogP contribution in [0.15, 0.2) is 53.7 Å². The van der Waals surface area contributed by atoms with E-state index in [1.807, 2.05) is 0 Å². The number of ether oxygens (including phenoxy) is 1. The first kappa shape index (κ1) is 29.7. The Kier molecular flexibility index (Phi) is 8.73. The zero-order chi connectivity index (χ0) is 29.1. The topological polar surface area (TPSA) is 106 Å². The number of rotatable bonds is 8. The van der Waals surface area contributed by atoms with Gasteiger partial charge in [-0.15, -0.1) is 0 Å². The maximum absolute atomic E-state index is 13.5. The number of guanidine groups is 1. The van der Waals surface area contributed by atoms with E-state index in [2.05, 4.69) is 27.2 Å². The summed E-state index contributed by atoms with van der Waals surface area (Å²) < 4.78 is 46.3. The van der Waals surface area contributed by atoms with Crippen LogP contribution in [0, 0.1) is 16.7 Å². The highest BCUT2D eigenvalue weighted by atomic mass is 19.4. The van der Waals surface area contributed by atoms with Gasteiger partial charge >= 0.3 is 12.1 Å². The van der Waals surface area contributed by atoms with E-state index in [1.165, 1.54) is 29.0 Å². The molecule has 208 valence electrons. The third kappa shape index (κ3) is 6.41. The molecule has 0 fully saturated rings. The number of nitrogens with zero attached hydrogens (tertiary/aromatic N) is 4. The van der Waals surface area contributed by atoms with Crippen LogP contribution < -0.4 is 10.6 Å². The summed E-state index contributed by atoms with van der Waals surface area (Å²) in [5.74, 6) is -0.879. The van der Waals surface area contributed by atoms with Crippen molar-refractivity contribution in [2.45, 2.75) is 32.0 Å². The molecule has 0 aliphatic carbocycles. The van der Waals surface area contributed by atoms with Crippen LogP contribution in [-0.4, -0.2) is 62.8 Å². The van der Waals surface area contributed by atoms with Crippen LogP contribution >= 0.6 is 0 Å². The average Bonchev–Trinajstić information content (AvgIpc) is 2.87. The second-order valence-electron chi connectivity index (χ2n) is 10.4.